The lowest BCUT2D eigenvalue weighted by Crippen LogP contribution is -2.29. The average molecular weight is 413 g/mol. The number of likely N-dealkylation sites (N-methyl/N-ethyl adjacent to an activating group) is 1. The summed E-state index contributed by atoms with van der Waals surface area (Å²) in [5.41, 5.74) is -0.243. The van der Waals surface area contributed by atoms with Crippen LogP contribution in [-0.2, 0) is 27.0 Å². The average Bonchev–Trinajstić information content (AvgIpc) is 3.23. The quantitative estimate of drug-likeness (QED) is 0.755. The van der Waals surface area contributed by atoms with E-state index in [1.165, 1.54) is 42.9 Å². The van der Waals surface area contributed by atoms with E-state index in [0.717, 1.165) is 17.0 Å². The Kier molecular flexibility index (Phi) is 5.90. The first-order valence-corrected chi connectivity index (χ1v) is 9.13. The monoisotopic (exact) mass is 413 g/mol. The predicted molar refractivity (Wildman–Crippen MR) is 96.3 cm³/mol. The van der Waals surface area contributed by atoms with E-state index in [0.29, 0.717) is 23.6 Å². The Hall–Kier alpha value is -2.59. The molecule has 0 radical (unpaired) electrons. The molecule has 0 saturated carbocycles. The van der Waals surface area contributed by atoms with Crippen LogP contribution in [0.1, 0.15) is 17.4 Å². The van der Waals surface area contributed by atoms with Crippen LogP contribution < -0.4 is 4.80 Å². The molecule has 0 atom stereocenters. The van der Waals surface area contributed by atoms with E-state index in [2.05, 4.69) is 4.99 Å². The Morgan fingerprint density at radius 2 is 1.89 bits per heavy atom. The van der Waals surface area contributed by atoms with E-state index in [9.17, 15) is 18.0 Å². The molecule has 1 aromatic carbocycles. The van der Waals surface area contributed by atoms with E-state index in [1.54, 1.807) is 10.8 Å². The molecule has 28 heavy (non-hydrogen) atoms. The van der Waals surface area contributed by atoms with Crippen molar-refractivity contribution in [2.75, 3.05) is 13.6 Å². The number of benzene rings is 1. The second-order valence-electron chi connectivity index (χ2n) is 6.20. The number of rotatable bonds is 5. The maximum atomic E-state index is 12.8. The number of carbonyl (C=O) groups is 1. The number of amides is 1. The van der Waals surface area contributed by atoms with Crippen molar-refractivity contribution in [2.24, 2.45) is 4.99 Å². The van der Waals surface area contributed by atoms with Gasteiger partial charge in [0.05, 0.1) is 12.1 Å². The van der Waals surface area contributed by atoms with Gasteiger partial charge in [-0.1, -0.05) is 11.3 Å². The molecule has 1 aliphatic heterocycles. The van der Waals surface area contributed by atoms with Crippen LogP contribution in [0.3, 0.4) is 0 Å². The maximum Gasteiger partial charge on any atom is 0.416 e. The van der Waals surface area contributed by atoms with Crippen molar-refractivity contribution >= 4 is 17.2 Å². The van der Waals surface area contributed by atoms with Gasteiger partial charge in [-0.05, 0) is 31.3 Å². The minimum absolute atomic E-state index is 0.381. The molecule has 0 spiro atoms. The molecule has 0 bridgehead atoms. The molecule has 2 heterocycles. The fourth-order valence-corrected chi connectivity index (χ4v) is 3.72. The summed E-state index contributed by atoms with van der Waals surface area (Å²) < 4.78 is 50.5. The molecule has 10 heteroatoms. The Balaban J connectivity index is 1.84. The van der Waals surface area contributed by atoms with Gasteiger partial charge in [-0.15, -0.1) is 0 Å². The van der Waals surface area contributed by atoms with Crippen molar-refractivity contribution in [2.45, 2.75) is 25.9 Å². The molecular weight excluding hydrogens is 395 g/mol. The molecule has 0 saturated heterocycles. The summed E-state index contributed by atoms with van der Waals surface area (Å²) in [6.45, 7) is 2.37. The van der Waals surface area contributed by atoms with E-state index >= 15 is 0 Å². The molecule has 150 valence electrons. The number of alkyl halides is 3. The van der Waals surface area contributed by atoms with Crippen molar-refractivity contribution in [3.8, 4) is 5.69 Å². The maximum absolute atomic E-state index is 12.8. The zero-order valence-corrected chi connectivity index (χ0v) is 16.0. The summed E-state index contributed by atoms with van der Waals surface area (Å²) in [5, 5.41) is 0. The second kappa shape index (κ2) is 8.19. The molecular formula is C18H18F3N3O3S. The van der Waals surface area contributed by atoms with Crippen LogP contribution in [0.4, 0.5) is 13.2 Å². The number of ether oxygens (including phenoxy) is 2. The lowest BCUT2D eigenvalue weighted by atomic mass is 10.2. The van der Waals surface area contributed by atoms with Gasteiger partial charge in [0.1, 0.15) is 12.5 Å². The molecule has 0 unspecified atom stereocenters. The van der Waals surface area contributed by atoms with Gasteiger partial charge >= 0.3 is 6.18 Å². The number of carbonyl (C=O) groups excluding carboxylic acids is 1. The summed E-state index contributed by atoms with van der Waals surface area (Å²) in [6.07, 6.45) is -0.0658. The Morgan fingerprint density at radius 3 is 2.46 bits per heavy atom. The fraction of sp³-hybridized carbons (Fsp3) is 0.333. The molecule has 1 aromatic heterocycles. The minimum atomic E-state index is -4.41. The van der Waals surface area contributed by atoms with Crippen molar-refractivity contribution in [3.63, 3.8) is 0 Å². The van der Waals surface area contributed by atoms with Crippen molar-refractivity contribution in [3.05, 3.63) is 58.2 Å². The minimum Gasteiger partial charge on any atom is -0.458 e. The SMILES string of the molecule is CC(=O)N=c1sc(CN(C)CC2OC=CO2)cn1-c1ccc(C(F)(F)F)cc1. The Morgan fingerprint density at radius 1 is 1.25 bits per heavy atom. The number of hydrogen-bond donors (Lipinski definition) is 0. The number of hydrogen-bond acceptors (Lipinski definition) is 5. The van der Waals surface area contributed by atoms with Gasteiger partial charge in [-0.2, -0.15) is 18.2 Å². The topological polar surface area (TPSA) is 56.1 Å². The lowest BCUT2D eigenvalue weighted by molar-refractivity contribution is -0.137. The zero-order chi connectivity index (χ0) is 20.3. The Labute approximate surface area is 163 Å². The lowest BCUT2D eigenvalue weighted by Gasteiger charge is -2.19. The van der Waals surface area contributed by atoms with Crippen molar-refractivity contribution < 1.29 is 27.4 Å². The number of halogens is 3. The van der Waals surface area contributed by atoms with Crippen LogP contribution in [-0.4, -0.2) is 35.3 Å². The third-order valence-corrected chi connectivity index (χ3v) is 4.80. The third kappa shape index (κ3) is 5.02. The van der Waals surface area contributed by atoms with Crippen LogP contribution in [0.15, 0.2) is 48.0 Å². The highest BCUT2D eigenvalue weighted by Crippen LogP contribution is 2.29. The third-order valence-electron chi connectivity index (χ3n) is 3.83. The van der Waals surface area contributed by atoms with Gasteiger partial charge in [0.25, 0.3) is 6.29 Å². The van der Waals surface area contributed by atoms with E-state index in [4.69, 9.17) is 9.47 Å². The summed E-state index contributed by atoms with van der Waals surface area (Å²) in [5.74, 6) is -0.388. The molecule has 2 aromatic rings. The first kappa shape index (κ1) is 20.2. The van der Waals surface area contributed by atoms with Crippen LogP contribution in [0, 0.1) is 0 Å². The Bertz CT molecular complexity index is 924. The van der Waals surface area contributed by atoms with Crippen LogP contribution in [0.25, 0.3) is 5.69 Å². The standard InChI is InChI=1S/C18H18F3N3O3S/c1-12(25)22-17-24(14-5-3-13(4-6-14)18(19,20)21)10-15(28-17)9-23(2)11-16-26-7-8-27-16/h3-8,10,16H,9,11H2,1-2H3. The largest absolute Gasteiger partial charge is 0.458 e. The summed E-state index contributed by atoms with van der Waals surface area (Å²) in [7, 11) is 1.88. The number of aromatic nitrogens is 1. The van der Waals surface area contributed by atoms with Gasteiger partial charge in [-0.25, -0.2) is 0 Å². The first-order chi connectivity index (χ1) is 13.2. The zero-order valence-electron chi connectivity index (χ0n) is 15.1. The van der Waals surface area contributed by atoms with E-state index in [1.807, 2.05) is 11.9 Å². The fourth-order valence-electron chi connectivity index (χ4n) is 2.62. The normalized spacial score (nSPS) is 15.1. The highest BCUT2D eigenvalue weighted by molar-refractivity contribution is 7.09. The second-order valence-corrected chi connectivity index (χ2v) is 7.29. The van der Waals surface area contributed by atoms with E-state index < -0.39 is 11.7 Å². The number of thiazole rings is 1. The number of nitrogens with zero attached hydrogens (tertiary/aromatic N) is 3. The van der Waals surface area contributed by atoms with Gasteiger partial charge in [0.15, 0.2) is 4.80 Å². The molecule has 1 aliphatic rings. The van der Waals surface area contributed by atoms with Crippen LogP contribution in [0.2, 0.25) is 0 Å². The van der Waals surface area contributed by atoms with Gasteiger partial charge in [0, 0.05) is 30.2 Å². The highest BCUT2D eigenvalue weighted by Gasteiger charge is 2.30. The predicted octanol–water partition coefficient (Wildman–Crippen LogP) is 3.28. The highest BCUT2D eigenvalue weighted by atomic mass is 32.1. The summed E-state index contributed by atoms with van der Waals surface area (Å²) in [4.78, 5) is 18.7. The van der Waals surface area contributed by atoms with Crippen molar-refractivity contribution in [1.29, 1.82) is 0 Å². The molecule has 1 amide bonds. The molecule has 0 fully saturated rings. The summed E-state index contributed by atoms with van der Waals surface area (Å²) in [6, 6.07) is 4.72. The molecule has 0 N–H and O–H groups in total. The molecule has 0 aliphatic carbocycles. The van der Waals surface area contributed by atoms with Gasteiger partial charge in [-0.3, -0.25) is 14.3 Å². The first-order valence-electron chi connectivity index (χ1n) is 8.31. The van der Waals surface area contributed by atoms with Crippen molar-refractivity contribution in [1.82, 2.24) is 9.47 Å². The van der Waals surface area contributed by atoms with Gasteiger partial charge < -0.3 is 9.47 Å². The van der Waals surface area contributed by atoms with Crippen LogP contribution >= 0.6 is 11.3 Å². The van der Waals surface area contributed by atoms with Crippen LogP contribution in [0.5, 0.6) is 0 Å². The van der Waals surface area contributed by atoms with E-state index in [-0.39, 0.29) is 12.2 Å². The molecule has 6 nitrogen and oxygen atoms in total. The summed E-state index contributed by atoms with van der Waals surface area (Å²) >= 11 is 1.29. The van der Waals surface area contributed by atoms with Gasteiger partial charge in [0.2, 0.25) is 5.91 Å². The smallest absolute Gasteiger partial charge is 0.416 e. The molecule has 3 rings (SSSR count).